The van der Waals surface area contributed by atoms with Crippen molar-refractivity contribution in [3.63, 3.8) is 0 Å². The number of hydrogen-bond acceptors (Lipinski definition) is 3. The van der Waals surface area contributed by atoms with E-state index in [9.17, 15) is 0 Å². The molecule has 1 heterocycles. The number of hydrogen-bond donors (Lipinski definition) is 1. The van der Waals surface area contributed by atoms with Gasteiger partial charge in [0.15, 0.2) is 0 Å². The lowest BCUT2D eigenvalue weighted by molar-refractivity contribution is 0.171. The van der Waals surface area contributed by atoms with E-state index in [0.29, 0.717) is 24.6 Å². The first-order valence-corrected chi connectivity index (χ1v) is 5.84. The molecule has 0 saturated heterocycles. The molecule has 92 valence electrons. The molecule has 4 heteroatoms. The van der Waals surface area contributed by atoms with Gasteiger partial charge in [-0.1, -0.05) is 13.8 Å². The molecule has 0 aliphatic heterocycles. The largest absolute Gasteiger partial charge is 0.383 e. The maximum atomic E-state index is 5.20. The van der Waals surface area contributed by atoms with E-state index in [1.807, 2.05) is 17.1 Å². The first-order chi connectivity index (χ1) is 7.54. The SMILES string of the molecule is COCC(Nc1cnn(C(C)C)c1)C(C)C. The minimum Gasteiger partial charge on any atom is -0.383 e. The van der Waals surface area contributed by atoms with Gasteiger partial charge >= 0.3 is 0 Å². The Hall–Kier alpha value is -1.03. The molecule has 16 heavy (non-hydrogen) atoms. The third kappa shape index (κ3) is 3.52. The van der Waals surface area contributed by atoms with Crippen LogP contribution in [-0.4, -0.2) is 29.5 Å². The Labute approximate surface area is 98.0 Å². The number of ether oxygens (including phenoxy) is 1. The van der Waals surface area contributed by atoms with E-state index < -0.39 is 0 Å². The summed E-state index contributed by atoms with van der Waals surface area (Å²) in [6, 6.07) is 0.727. The summed E-state index contributed by atoms with van der Waals surface area (Å²) in [4.78, 5) is 0. The third-order valence-electron chi connectivity index (χ3n) is 2.63. The van der Waals surface area contributed by atoms with Crippen molar-refractivity contribution in [1.82, 2.24) is 9.78 Å². The molecule has 1 unspecified atom stereocenters. The van der Waals surface area contributed by atoms with Gasteiger partial charge in [0.1, 0.15) is 0 Å². The zero-order valence-corrected chi connectivity index (χ0v) is 10.9. The lowest BCUT2D eigenvalue weighted by Gasteiger charge is -2.21. The van der Waals surface area contributed by atoms with Crippen molar-refractivity contribution in [2.75, 3.05) is 19.0 Å². The Balaban J connectivity index is 2.62. The second-order valence-corrected chi connectivity index (χ2v) is 4.75. The average molecular weight is 225 g/mol. The van der Waals surface area contributed by atoms with Gasteiger partial charge in [-0.15, -0.1) is 0 Å². The molecular formula is C12H23N3O. The maximum absolute atomic E-state index is 5.20. The van der Waals surface area contributed by atoms with Crippen molar-refractivity contribution in [3.8, 4) is 0 Å². The molecule has 1 N–H and O–H groups in total. The summed E-state index contributed by atoms with van der Waals surface area (Å²) in [5.74, 6) is 0.530. The van der Waals surface area contributed by atoms with Gasteiger partial charge in [-0.25, -0.2) is 0 Å². The molecule has 1 aromatic heterocycles. The molecule has 1 rings (SSSR count). The fourth-order valence-corrected chi connectivity index (χ4v) is 1.49. The molecule has 0 spiro atoms. The fraction of sp³-hybridized carbons (Fsp3) is 0.750. The zero-order valence-electron chi connectivity index (χ0n) is 10.9. The van der Waals surface area contributed by atoms with Crippen LogP contribution in [0.25, 0.3) is 0 Å². The van der Waals surface area contributed by atoms with Gasteiger partial charge in [0, 0.05) is 19.3 Å². The Bertz CT molecular complexity index is 307. The smallest absolute Gasteiger partial charge is 0.0729 e. The van der Waals surface area contributed by atoms with E-state index in [2.05, 4.69) is 38.1 Å². The second-order valence-electron chi connectivity index (χ2n) is 4.75. The van der Waals surface area contributed by atoms with Crippen LogP contribution in [0.1, 0.15) is 33.7 Å². The molecule has 0 saturated carbocycles. The summed E-state index contributed by atoms with van der Waals surface area (Å²) < 4.78 is 7.15. The number of nitrogens with one attached hydrogen (secondary N) is 1. The molecule has 0 fully saturated rings. The van der Waals surface area contributed by atoms with E-state index in [4.69, 9.17) is 4.74 Å². The Kier molecular flexibility index (Phi) is 4.80. The lowest BCUT2D eigenvalue weighted by Crippen LogP contribution is -2.30. The first-order valence-electron chi connectivity index (χ1n) is 5.84. The van der Waals surface area contributed by atoms with Crippen LogP contribution in [-0.2, 0) is 4.74 Å². The van der Waals surface area contributed by atoms with Crippen LogP contribution in [0.4, 0.5) is 5.69 Å². The molecule has 1 aromatic rings. The van der Waals surface area contributed by atoms with E-state index in [0.717, 1.165) is 5.69 Å². The highest BCUT2D eigenvalue weighted by molar-refractivity contribution is 5.39. The highest BCUT2D eigenvalue weighted by Crippen LogP contribution is 2.14. The van der Waals surface area contributed by atoms with Gasteiger partial charge in [0.05, 0.1) is 24.5 Å². The van der Waals surface area contributed by atoms with Crippen LogP contribution in [0.3, 0.4) is 0 Å². The number of aromatic nitrogens is 2. The molecule has 0 aliphatic rings. The van der Waals surface area contributed by atoms with Gasteiger partial charge in [-0.3, -0.25) is 4.68 Å². The Morgan fingerprint density at radius 1 is 1.38 bits per heavy atom. The number of anilines is 1. The third-order valence-corrected chi connectivity index (χ3v) is 2.63. The van der Waals surface area contributed by atoms with Crippen LogP contribution >= 0.6 is 0 Å². The van der Waals surface area contributed by atoms with E-state index >= 15 is 0 Å². The average Bonchev–Trinajstić information content (AvgIpc) is 2.65. The van der Waals surface area contributed by atoms with Crippen LogP contribution in [0.5, 0.6) is 0 Å². The lowest BCUT2D eigenvalue weighted by atomic mass is 10.1. The Morgan fingerprint density at radius 3 is 2.50 bits per heavy atom. The van der Waals surface area contributed by atoms with E-state index in [1.54, 1.807) is 7.11 Å². The Morgan fingerprint density at radius 2 is 2.06 bits per heavy atom. The normalized spacial score (nSPS) is 13.4. The molecule has 0 radical (unpaired) electrons. The predicted octanol–water partition coefficient (Wildman–Crippen LogP) is 2.55. The molecule has 1 atom stereocenters. The first kappa shape index (κ1) is 13.0. The summed E-state index contributed by atoms with van der Waals surface area (Å²) in [7, 11) is 1.73. The van der Waals surface area contributed by atoms with Gasteiger partial charge in [0.2, 0.25) is 0 Å². The zero-order chi connectivity index (χ0) is 12.1. The number of methoxy groups -OCH3 is 1. The van der Waals surface area contributed by atoms with Gasteiger partial charge in [0.25, 0.3) is 0 Å². The van der Waals surface area contributed by atoms with Gasteiger partial charge in [-0.05, 0) is 19.8 Å². The quantitative estimate of drug-likeness (QED) is 0.808. The molecular weight excluding hydrogens is 202 g/mol. The van der Waals surface area contributed by atoms with Crippen LogP contribution in [0.2, 0.25) is 0 Å². The van der Waals surface area contributed by atoms with E-state index in [1.165, 1.54) is 0 Å². The summed E-state index contributed by atoms with van der Waals surface area (Å²) in [6.45, 7) is 9.31. The van der Waals surface area contributed by atoms with Crippen molar-refractivity contribution in [2.24, 2.45) is 5.92 Å². The van der Waals surface area contributed by atoms with Gasteiger partial charge in [-0.2, -0.15) is 5.10 Å². The monoisotopic (exact) mass is 225 g/mol. The summed E-state index contributed by atoms with van der Waals surface area (Å²) >= 11 is 0. The highest BCUT2D eigenvalue weighted by atomic mass is 16.5. The highest BCUT2D eigenvalue weighted by Gasteiger charge is 2.13. The molecule has 0 aromatic carbocycles. The maximum Gasteiger partial charge on any atom is 0.0729 e. The van der Waals surface area contributed by atoms with Crippen LogP contribution in [0.15, 0.2) is 12.4 Å². The number of nitrogens with zero attached hydrogens (tertiary/aromatic N) is 2. The minimum atomic E-state index is 0.329. The number of rotatable bonds is 6. The van der Waals surface area contributed by atoms with Crippen molar-refractivity contribution >= 4 is 5.69 Å². The van der Waals surface area contributed by atoms with Crippen LogP contribution < -0.4 is 5.32 Å². The predicted molar refractivity (Wildman–Crippen MR) is 66.7 cm³/mol. The summed E-state index contributed by atoms with van der Waals surface area (Å²) in [6.07, 6.45) is 3.90. The molecule has 0 amide bonds. The van der Waals surface area contributed by atoms with Crippen molar-refractivity contribution in [3.05, 3.63) is 12.4 Å². The van der Waals surface area contributed by atoms with E-state index in [-0.39, 0.29) is 0 Å². The van der Waals surface area contributed by atoms with Crippen molar-refractivity contribution < 1.29 is 4.74 Å². The van der Waals surface area contributed by atoms with Gasteiger partial charge < -0.3 is 10.1 Å². The molecule has 0 bridgehead atoms. The minimum absolute atomic E-state index is 0.329. The van der Waals surface area contributed by atoms with Crippen LogP contribution in [0, 0.1) is 5.92 Å². The van der Waals surface area contributed by atoms with Crippen molar-refractivity contribution in [2.45, 2.75) is 39.8 Å². The molecule has 0 aliphatic carbocycles. The van der Waals surface area contributed by atoms with Crippen molar-refractivity contribution in [1.29, 1.82) is 0 Å². The standard InChI is InChI=1S/C12H23N3O/c1-9(2)12(8-16-5)14-11-6-13-15(7-11)10(3)4/h6-7,9-10,12,14H,8H2,1-5H3. The topological polar surface area (TPSA) is 39.1 Å². The summed E-state index contributed by atoms with van der Waals surface area (Å²) in [5, 5.41) is 7.75. The summed E-state index contributed by atoms with van der Waals surface area (Å²) in [5.41, 5.74) is 1.06. The molecule has 4 nitrogen and oxygen atoms in total. The fourth-order valence-electron chi connectivity index (χ4n) is 1.49. The second kappa shape index (κ2) is 5.89.